The lowest BCUT2D eigenvalue weighted by Gasteiger charge is -2.18. The van der Waals surface area contributed by atoms with Crippen LogP contribution < -0.4 is 5.73 Å². The summed E-state index contributed by atoms with van der Waals surface area (Å²) < 4.78 is 3.30. The molecule has 6 rings (SSSR count). The van der Waals surface area contributed by atoms with E-state index >= 15 is 0 Å². The summed E-state index contributed by atoms with van der Waals surface area (Å²) in [6.07, 6.45) is 4.89. The number of rotatable bonds is 3. The number of aromatic nitrogens is 4. The summed E-state index contributed by atoms with van der Waals surface area (Å²) in [5.41, 5.74) is 8.95. The summed E-state index contributed by atoms with van der Waals surface area (Å²) >= 11 is 1.73. The maximum Gasteiger partial charge on any atom is 0.245 e. The molecule has 8 heteroatoms. The highest BCUT2D eigenvalue weighted by molar-refractivity contribution is 7.17. The lowest BCUT2D eigenvalue weighted by Crippen LogP contribution is -2.28. The lowest BCUT2D eigenvalue weighted by molar-refractivity contribution is -0.125. The number of likely N-dealkylation sites (tertiary alicyclic amines) is 1. The Balaban J connectivity index is 1.39. The highest BCUT2D eigenvalue weighted by Gasteiger charge is 2.43. The summed E-state index contributed by atoms with van der Waals surface area (Å²) in [5.74, 6) is 1.45. The van der Waals surface area contributed by atoms with Crippen LogP contribution in [0.15, 0.2) is 48.6 Å². The van der Waals surface area contributed by atoms with E-state index in [-0.39, 0.29) is 11.9 Å². The van der Waals surface area contributed by atoms with Crippen LogP contribution >= 0.6 is 11.3 Å². The summed E-state index contributed by atoms with van der Waals surface area (Å²) in [6.45, 7) is 5.21. The highest BCUT2D eigenvalue weighted by atomic mass is 32.1. The average Bonchev–Trinajstić information content (AvgIpc) is 3.53. The summed E-state index contributed by atoms with van der Waals surface area (Å²) in [5, 5.41) is 9.14. The molecule has 156 valence electrons. The van der Waals surface area contributed by atoms with E-state index in [4.69, 9.17) is 10.8 Å². The minimum absolute atomic E-state index is 0.0297. The monoisotopic (exact) mass is 430 g/mol. The second kappa shape index (κ2) is 6.88. The Morgan fingerprint density at radius 2 is 2.00 bits per heavy atom. The number of carbonyl (C=O) groups is 1. The first-order chi connectivity index (χ1) is 15.1. The third kappa shape index (κ3) is 2.85. The Bertz CT molecular complexity index is 1330. The van der Waals surface area contributed by atoms with E-state index in [1.54, 1.807) is 11.3 Å². The number of nitrogens with two attached hydrogens (primary N) is 1. The van der Waals surface area contributed by atoms with Crippen LogP contribution in [0.3, 0.4) is 0 Å². The van der Waals surface area contributed by atoms with Gasteiger partial charge in [0.1, 0.15) is 17.8 Å². The molecule has 0 bridgehead atoms. The van der Waals surface area contributed by atoms with E-state index in [2.05, 4.69) is 50.9 Å². The van der Waals surface area contributed by atoms with Crippen molar-refractivity contribution in [3.63, 3.8) is 0 Å². The van der Waals surface area contributed by atoms with Crippen LogP contribution in [-0.4, -0.2) is 43.6 Å². The number of carbonyl (C=O) groups excluding carboxylic acids is 1. The Kier molecular flexibility index (Phi) is 4.11. The smallest absolute Gasteiger partial charge is 0.245 e. The lowest BCUT2D eigenvalue weighted by atomic mass is 10.0. The van der Waals surface area contributed by atoms with Crippen molar-refractivity contribution in [2.24, 2.45) is 11.8 Å². The topological polar surface area (TPSA) is 89.9 Å². The highest BCUT2D eigenvalue weighted by Crippen LogP contribution is 2.45. The van der Waals surface area contributed by atoms with Crippen LogP contribution in [-0.2, 0) is 4.79 Å². The van der Waals surface area contributed by atoms with Crippen LogP contribution in [0.4, 0.5) is 5.82 Å². The van der Waals surface area contributed by atoms with Gasteiger partial charge in [-0.1, -0.05) is 12.6 Å². The SMILES string of the molecule is C=CC(=O)N1CC2CC(n3nc(-c4ccc5sccc5c4)c4c(N)ncnc43)CC2C1. The fourth-order valence-electron chi connectivity index (χ4n) is 5.34. The second-order valence-electron chi connectivity index (χ2n) is 8.52. The van der Waals surface area contributed by atoms with E-state index in [0.717, 1.165) is 48.2 Å². The van der Waals surface area contributed by atoms with Crippen molar-refractivity contribution in [1.29, 1.82) is 0 Å². The molecule has 2 N–H and O–H groups in total. The number of anilines is 1. The molecule has 1 amide bonds. The average molecular weight is 431 g/mol. The number of hydrogen-bond acceptors (Lipinski definition) is 6. The Morgan fingerprint density at radius 3 is 2.77 bits per heavy atom. The van der Waals surface area contributed by atoms with Gasteiger partial charge in [0.15, 0.2) is 5.65 Å². The molecule has 1 saturated carbocycles. The van der Waals surface area contributed by atoms with Gasteiger partial charge in [0.2, 0.25) is 5.91 Å². The van der Waals surface area contributed by atoms with E-state index in [0.29, 0.717) is 17.7 Å². The van der Waals surface area contributed by atoms with Crippen LogP contribution in [0.1, 0.15) is 18.9 Å². The van der Waals surface area contributed by atoms with Crippen molar-refractivity contribution in [3.05, 3.63) is 48.6 Å². The van der Waals surface area contributed by atoms with Crippen molar-refractivity contribution < 1.29 is 4.79 Å². The largest absolute Gasteiger partial charge is 0.383 e. The van der Waals surface area contributed by atoms with Crippen LogP contribution in [0.2, 0.25) is 0 Å². The van der Waals surface area contributed by atoms with E-state index in [1.807, 2.05) is 4.90 Å². The molecule has 7 nitrogen and oxygen atoms in total. The maximum absolute atomic E-state index is 12.0. The number of thiophene rings is 1. The van der Waals surface area contributed by atoms with Crippen molar-refractivity contribution in [2.75, 3.05) is 18.8 Å². The molecule has 2 unspecified atom stereocenters. The van der Waals surface area contributed by atoms with Gasteiger partial charge in [0.05, 0.1) is 11.4 Å². The summed E-state index contributed by atoms with van der Waals surface area (Å²) in [6, 6.07) is 8.75. The fourth-order valence-corrected chi connectivity index (χ4v) is 6.11. The summed E-state index contributed by atoms with van der Waals surface area (Å²) in [7, 11) is 0. The van der Waals surface area contributed by atoms with Gasteiger partial charge in [-0.2, -0.15) is 5.10 Å². The molecule has 1 aliphatic heterocycles. The number of fused-ring (bicyclic) bond motifs is 3. The minimum Gasteiger partial charge on any atom is -0.383 e. The quantitative estimate of drug-likeness (QED) is 0.498. The normalized spacial score (nSPS) is 23.0. The van der Waals surface area contributed by atoms with Crippen molar-refractivity contribution in [2.45, 2.75) is 18.9 Å². The van der Waals surface area contributed by atoms with Crippen LogP contribution in [0.25, 0.3) is 32.4 Å². The molecule has 3 aromatic heterocycles. The number of nitrogen functional groups attached to an aromatic ring is 1. The molecular formula is C23H22N6OS. The molecule has 1 saturated heterocycles. The zero-order chi connectivity index (χ0) is 21.1. The Labute approximate surface area is 183 Å². The minimum atomic E-state index is 0.0297. The van der Waals surface area contributed by atoms with Crippen molar-refractivity contribution in [1.82, 2.24) is 24.6 Å². The van der Waals surface area contributed by atoms with Gasteiger partial charge in [0, 0.05) is 23.4 Å². The van der Waals surface area contributed by atoms with Gasteiger partial charge in [-0.3, -0.25) is 4.79 Å². The molecule has 31 heavy (non-hydrogen) atoms. The number of amides is 1. The molecule has 2 fully saturated rings. The zero-order valence-corrected chi connectivity index (χ0v) is 17.8. The molecule has 0 spiro atoms. The van der Waals surface area contributed by atoms with Gasteiger partial charge in [-0.25, -0.2) is 14.6 Å². The Hall–Kier alpha value is -3.26. The standard InChI is InChI=1S/C23H22N6OS/c1-2-19(30)28-10-15-8-17(9-16(15)11-28)29-23-20(22(24)25-12-26-23)21(27-29)14-3-4-18-13(7-14)5-6-31-18/h2-7,12,15-17H,1,8-11H2,(H2,24,25,26). The molecule has 4 heterocycles. The number of benzene rings is 1. The third-order valence-corrected chi connectivity index (χ3v) is 7.70. The summed E-state index contributed by atoms with van der Waals surface area (Å²) in [4.78, 5) is 22.7. The zero-order valence-electron chi connectivity index (χ0n) is 16.9. The molecule has 2 atom stereocenters. The van der Waals surface area contributed by atoms with Crippen LogP contribution in [0, 0.1) is 11.8 Å². The van der Waals surface area contributed by atoms with Gasteiger partial charge in [-0.15, -0.1) is 11.3 Å². The van der Waals surface area contributed by atoms with E-state index in [1.165, 1.54) is 22.5 Å². The van der Waals surface area contributed by atoms with Gasteiger partial charge < -0.3 is 10.6 Å². The molecule has 4 aromatic rings. The van der Waals surface area contributed by atoms with Crippen molar-refractivity contribution in [3.8, 4) is 11.3 Å². The fraction of sp³-hybridized carbons (Fsp3) is 0.304. The third-order valence-electron chi connectivity index (χ3n) is 6.80. The Morgan fingerprint density at radius 1 is 1.19 bits per heavy atom. The van der Waals surface area contributed by atoms with Gasteiger partial charge in [0.25, 0.3) is 0 Å². The van der Waals surface area contributed by atoms with E-state index < -0.39 is 0 Å². The van der Waals surface area contributed by atoms with Crippen LogP contribution in [0.5, 0.6) is 0 Å². The van der Waals surface area contributed by atoms with Crippen molar-refractivity contribution >= 4 is 44.2 Å². The maximum atomic E-state index is 12.0. The first-order valence-corrected chi connectivity index (χ1v) is 11.4. The first kappa shape index (κ1) is 18.5. The number of hydrogen-bond donors (Lipinski definition) is 1. The molecule has 0 radical (unpaired) electrons. The predicted molar refractivity (Wildman–Crippen MR) is 123 cm³/mol. The van der Waals surface area contributed by atoms with Gasteiger partial charge in [-0.05, 0) is 59.7 Å². The second-order valence-corrected chi connectivity index (χ2v) is 9.46. The molecule has 2 aliphatic rings. The van der Waals surface area contributed by atoms with Gasteiger partial charge >= 0.3 is 0 Å². The first-order valence-electron chi connectivity index (χ1n) is 10.5. The molecule has 1 aromatic carbocycles. The molecular weight excluding hydrogens is 408 g/mol. The number of nitrogens with zero attached hydrogens (tertiary/aromatic N) is 5. The van der Waals surface area contributed by atoms with E-state index in [9.17, 15) is 4.79 Å². The predicted octanol–water partition coefficient (Wildman–Crippen LogP) is 3.89. The molecule has 1 aliphatic carbocycles.